The number of hydrogen-bond donors (Lipinski definition) is 0. The normalized spacial score (nSPS) is 24.8. The molecule has 12 heavy (non-hydrogen) atoms. The lowest BCUT2D eigenvalue weighted by molar-refractivity contribution is 0.111. The molecule has 0 bridgehead atoms. The molecular formula is C10H17ClO. The summed E-state index contributed by atoms with van der Waals surface area (Å²) in [4.78, 5) is 0. The molecule has 1 aliphatic heterocycles. The first-order valence-corrected chi connectivity index (χ1v) is 5.19. The van der Waals surface area contributed by atoms with Gasteiger partial charge in [0.15, 0.2) is 0 Å². The molecule has 1 rings (SSSR count). The first-order chi connectivity index (χ1) is 5.83. The highest BCUT2D eigenvalue weighted by molar-refractivity contribution is 6.17. The third-order valence-electron chi connectivity index (χ3n) is 2.18. The molecule has 2 heteroatoms. The molecule has 1 unspecified atom stereocenters. The monoisotopic (exact) mass is 188 g/mol. The molecule has 70 valence electrons. The van der Waals surface area contributed by atoms with E-state index >= 15 is 0 Å². The maximum absolute atomic E-state index is 5.59. The Bertz CT molecular complexity index is 148. The van der Waals surface area contributed by atoms with Crippen LogP contribution in [-0.2, 0) is 4.74 Å². The van der Waals surface area contributed by atoms with Gasteiger partial charge >= 0.3 is 0 Å². The molecule has 1 saturated heterocycles. The van der Waals surface area contributed by atoms with Gasteiger partial charge in [0, 0.05) is 12.5 Å². The van der Waals surface area contributed by atoms with E-state index in [0.717, 1.165) is 25.3 Å². The summed E-state index contributed by atoms with van der Waals surface area (Å²) in [5, 5.41) is 0. The van der Waals surface area contributed by atoms with Gasteiger partial charge in [-0.05, 0) is 32.6 Å². The van der Waals surface area contributed by atoms with Gasteiger partial charge in [0.25, 0.3) is 0 Å². The minimum Gasteiger partial charge on any atom is -0.378 e. The van der Waals surface area contributed by atoms with E-state index in [9.17, 15) is 0 Å². The first kappa shape index (κ1) is 10.1. The number of rotatable bonds is 4. The van der Waals surface area contributed by atoms with E-state index < -0.39 is 0 Å². The smallest absolute Gasteiger partial charge is 0.0612 e. The van der Waals surface area contributed by atoms with Crippen LogP contribution < -0.4 is 0 Å². The molecule has 1 aliphatic rings. The molecule has 0 radical (unpaired) electrons. The summed E-state index contributed by atoms with van der Waals surface area (Å²) in [6.07, 6.45) is 7.24. The van der Waals surface area contributed by atoms with Crippen molar-refractivity contribution >= 4 is 11.6 Å². The third-order valence-corrected chi connectivity index (χ3v) is 2.39. The average molecular weight is 189 g/mol. The van der Waals surface area contributed by atoms with Crippen molar-refractivity contribution in [2.45, 2.75) is 38.7 Å². The molecule has 0 N–H and O–H groups in total. The van der Waals surface area contributed by atoms with Crippen molar-refractivity contribution in [1.82, 2.24) is 0 Å². The lowest BCUT2D eigenvalue weighted by Gasteiger charge is -2.08. The van der Waals surface area contributed by atoms with Crippen molar-refractivity contribution in [2.24, 2.45) is 0 Å². The van der Waals surface area contributed by atoms with Crippen LogP contribution in [-0.4, -0.2) is 18.6 Å². The molecule has 1 fully saturated rings. The Kier molecular flexibility index (Phi) is 4.70. The molecule has 1 heterocycles. The maximum Gasteiger partial charge on any atom is 0.0612 e. The Morgan fingerprint density at radius 2 is 2.50 bits per heavy atom. The fraction of sp³-hybridized carbons (Fsp3) is 0.800. The minimum atomic E-state index is 0.483. The fourth-order valence-electron chi connectivity index (χ4n) is 1.55. The summed E-state index contributed by atoms with van der Waals surface area (Å²) in [6.45, 7) is 3.11. The molecule has 0 aromatic heterocycles. The Balaban J connectivity index is 2.19. The second-order valence-electron chi connectivity index (χ2n) is 3.37. The molecule has 1 nitrogen and oxygen atoms in total. The molecule has 0 aromatic carbocycles. The zero-order valence-electron chi connectivity index (χ0n) is 7.68. The predicted octanol–water partition coefficient (Wildman–Crippen LogP) is 3.13. The highest BCUT2D eigenvalue weighted by Gasteiger charge is 2.14. The molecule has 0 saturated carbocycles. The van der Waals surface area contributed by atoms with Crippen molar-refractivity contribution < 1.29 is 4.74 Å². The van der Waals surface area contributed by atoms with Crippen LogP contribution in [0.5, 0.6) is 0 Å². The Morgan fingerprint density at radius 3 is 3.08 bits per heavy atom. The van der Waals surface area contributed by atoms with E-state index in [1.165, 1.54) is 18.4 Å². The van der Waals surface area contributed by atoms with Gasteiger partial charge in [-0.3, -0.25) is 0 Å². The number of ether oxygens (including phenoxy) is 1. The van der Waals surface area contributed by atoms with E-state index in [1.807, 2.05) is 0 Å². The predicted molar refractivity (Wildman–Crippen MR) is 52.7 cm³/mol. The van der Waals surface area contributed by atoms with Gasteiger partial charge in [-0.25, -0.2) is 0 Å². The largest absolute Gasteiger partial charge is 0.378 e. The summed E-state index contributed by atoms with van der Waals surface area (Å²) in [6, 6.07) is 0. The van der Waals surface area contributed by atoms with E-state index in [4.69, 9.17) is 16.3 Å². The zero-order chi connectivity index (χ0) is 8.81. The quantitative estimate of drug-likeness (QED) is 0.487. The van der Waals surface area contributed by atoms with Crippen molar-refractivity contribution in [3.8, 4) is 0 Å². The van der Waals surface area contributed by atoms with Gasteiger partial charge in [0.1, 0.15) is 0 Å². The number of allylic oxidation sites excluding steroid dienone is 1. The van der Waals surface area contributed by atoms with E-state index in [1.54, 1.807) is 0 Å². The second-order valence-corrected chi connectivity index (χ2v) is 3.75. The SMILES string of the molecule is CC(=CCCCl)CC1CCCO1. The Hall–Kier alpha value is -0.0100. The lowest BCUT2D eigenvalue weighted by atomic mass is 10.1. The van der Waals surface area contributed by atoms with Crippen LogP contribution in [0.15, 0.2) is 11.6 Å². The highest BCUT2D eigenvalue weighted by atomic mass is 35.5. The van der Waals surface area contributed by atoms with Crippen molar-refractivity contribution in [3.05, 3.63) is 11.6 Å². The van der Waals surface area contributed by atoms with Crippen LogP contribution in [0.25, 0.3) is 0 Å². The lowest BCUT2D eigenvalue weighted by Crippen LogP contribution is -2.04. The first-order valence-electron chi connectivity index (χ1n) is 4.66. The number of hydrogen-bond acceptors (Lipinski definition) is 1. The summed E-state index contributed by atoms with van der Waals surface area (Å²) in [5.74, 6) is 0.725. The standard InChI is InChI=1S/C10H17ClO/c1-9(4-2-6-11)8-10-5-3-7-12-10/h4,10H,2-3,5-8H2,1H3. The number of halogens is 1. The summed E-state index contributed by atoms with van der Waals surface area (Å²) >= 11 is 5.59. The van der Waals surface area contributed by atoms with E-state index in [0.29, 0.717) is 6.10 Å². The molecule has 0 aromatic rings. The minimum absolute atomic E-state index is 0.483. The number of alkyl halides is 1. The summed E-state index contributed by atoms with van der Waals surface area (Å²) < 4.78 is 5.53. The van der Waals surface area contributed by atoms with Crippen LogP contribution in [0.1, 0.15) is 32.6 Å². The van der Waals surface area contributed by atoms with Crippen molar-refractivity contribution in [2.75, 3.05) is 12.5 Å². The topological polar surface area (TPSA) is 9.23 Å². The van der Waals surface area contributed by atoms with Gasteiger partial charge < -0.3 is 4.74 Å². The molecule has 0 aliphatic carbocycles. The average Bonchev–Trinajstić information content (AvgIpc) is 2.53. The van der Waals surface area contributed by atoms with Crippen LogP contribution in [0.4, 0.5) is 0 Å². The highest BCUT2D eigenvalue weighted by Crippen LogP contribution is 2.19. The van der Waals surface area contributed by atoms with Gasteiger partial charge in [-0.1, -0.05) is 11.6 Å². The molecule has 0 amide bonds. The Labute approximate surface area is 79.7 Å². The van der Waals surface area contributed by atoms with Crippen molar-refractivity contribution in [1.29, 1.82) is 0 Å². The molecule has 1 atom stereocenters. The summed E-state index contributed by atoms with van der Waals surface area (Å²) in [7, 11) is 0. The zero-order valence-corrected chi connectivity index (χ0v) is 8.44. The second kappa shape index (κ2) is 5.60. The molecule has 0 spiro atoms. The van der Waals surface area contributed by atoms with Gasteiger partial charge in [-0.15, -0.1) is 11.6 Å². The van der Waals surface area contributed by atoms with E-state index in [2.05, 4.69) is 13.0 Å². The molecular weight excluding hydrogens is 172 g/mol. The van der Waals surface area contributed by atoms with Crippen molar-refractivity contribution in [3.63, 3.8) is 0 Å². The van der Waals surface area contributed by atoms with Gasteiger partial charge in [0.05, 0.1) is 6.10 Å². The van der Waals surface area contributed by atoms with Crippen LogP contribution in [0, 0.1) is 0 Å². The van der Waals surface area contributed by atoms with Gasteiger partial charge in [0.2, 0.25) is 0 Å². The summed E-state index contributed by atoms with van der Waals surface area (Å²) in [5.41, 5.74) is 1.42. The van der Waals surface area contributed by atoms with Crippen LogP contribution >= 0.6 is 11.6 Å². The maximum atomic E-state index is 5.59. The Morgan fingerprint density at radius 1 is 1.67 bits per heavy atom. The van der Waals surface area contributed by atoms with Crippen LogP contribution in [0.3, 0.4) is 0 Å². The van der Waals surface area contributed by atoms with E-state index in [-0.39, 0.29) is 0 Å². The fourth-order valence-corrected chi connectivity index (χ4v) is 1.66. The van der Waals surface area contributed by atoms with Gasteiger partial charge in [-0.2, -0.15) is 0 Å². The van der Waals surface area contributed by atoms with Crippen LogP contribution in [0.2, 0.25) is 0 Å². The third kappa shape index (κ3) is 3.59.